The molecular formula is C25H27N5O2. The van der Waals surface area contributed by atoms with Crippen LogP contribution in [0.1, 0.15) is 18.4 Å². The van der Waals surface area contributed by atoms with E-state index in [4.69, 9.17) is 14.5 Å². The number of benzene rings is 1. The highest BCUT2D eigenvalue weighted by atomic mass is 16.5. The fourth-order valence-electron chi connectivity index (χ4n) is 4.03. The molecule has 0 atom stereocenters. The van der Waals surface area contributed by atoms with Crippen LogP contribution in [0.4, 0.5) is 0 Å². The second-order valence-electron chi connectivity index (χ2n) is 8.23. The summed E-state index contributed by atoms with van der Waals surface area (Å²) in [6.45, 7) is 3.05. The Kier molecular flexibility index (Phi) is 5.83. The van der Waals surface area contributed by atoms with E-state index in [9.17, 15) is 0 Å². The van der Waals surface area contributed by atoms with Crippen molar-refractivity contribution in [3.8, 4) is 17.1 Å². The molecular weight excluding hydrogens is 402 g/mol. The first-order chi connectivity index (χ1) is 15.7. The number of fused-ring (bicyclic) bond motifs is 3. The fourth-order valence-corrected chi connectivity index (χ4v) is 4.03. The maximum atomic E-state index is 5.76. The van der Waals surface area contributed by atoms with E-state index < -0.39 is 0 Å². The van der Waals surface area contributed by atoms with Gasteiger partial charge in [-0.2, -0.15) is 0 Å². The van der Waals surface area contributed by atoms with Gasteiger partial charge in [0.2, 0.25) is 5.88 Å². The van der Waals surface area contributed by atoms with Gasteiger partial charge in [0, 0.05) is 36.1 Å². The van der Waals surface area contributed by atoms with Gasteiger partial charge in [0.05, 0.1) is 42.7 Å². The average molecular weight is 430 g/mol. The normalized spacial score (nSPS) is 14.3. The van der Waals surface area contributed by atoms with Crippen molar-refractivity contribution in [3.63, 3.8) is 0 Å². The molecule has 1 aromatic carbocycles. The Hall–Kier alpha value is -3.29. The molecule has 0 unspecified atom stereocenters. The molecule has 164 valence electrons. The van der Waals surface area contributed by atoms with Gasteiger partial charge in [-0.05, 0) is 44.6 Å². The van der Waals surface area contributed by atoms with Gasteiger partial charge in [-0.25, -0.2) is 9.97 Å². The summed E-state index contributed by atoms with van der Waals surface area (Å²) in [5.74, 6) is 0.635. The average Bonchev–Trinajstić information content (AvgIpc) is 3.21. The second-order valence-corrected chi connectivity index (χ2v) is 8.23. The lowest BCUT2D eigenvalue weighted by molar-refractivity contribution is 0.161. The summed E-state index contributed by atoms with van der Waals surface area (Å²) >= 11 is 0. The summed E-state index contributed by atoms with van der Waals surface area (Å²) < 4.78 is 13.4. The van der Waals surface area contributed by atoms with Crippen molar-refractivity contribution >= 4 is 22.3 Å². The molecule has 0 spiro atoms. The van der Waals surface area contributed by atoms with Crippen molar-refractivity contribution in [1.29, 1.82) is 0 Å². The molecule has 0 saturated heterocycles. The van der Waals surface area contributed by atoms with E-state index in [2.05, 4.69) is 57.6 Å². The number of hydrogen-bond donors (Lipinski definition) is 0. The molecule has 32 heavy (non-hydrogen) atoms. The third kappa shape index (κ3) is 4.22. The monoisotopic (exact) mass is 429 g/mol. The van der Waals surface area contributed by atoms with Crippen molar-refractivity contribution in [2.45, 2.75) is 12.8 Å². The van der Waals surface area contributed by atoms with E-state index in [0.717, 1.165) is 53.9 Å². The first-order valence-electron chi connectivity index (χ1n) is 11.0. The molecule has 0 fully saturated rings. The number of pyridine rings is 1. The molecule has 0 aliphatic carbocycles. The Labute approximate surface area is 187 Å². The van der Waals surface area contributed by atoms with Crippen LogP contribution in [-0.4, -0.2) is 64.7 Å². The summed E-state index contributed by atoms with van der Waals surface area (Å²) in [4.78, 5) is 16.0. The zero-order valence-corrected chi connectivity index (χ0v) is 18.5. The van der Waals surface area contributed by atoms with Crippen LogP contribution >= 0.6 is 0 Å². The first kappa shape index (κ1) is 20.6. The van der Waals surface area contributed by atoms with Crippen LogP contribution in [0.15, 0.2) is 55.0 Å². The molecule has 1 aliphatic rings. The number of nitrogens with zero attached hydrogens (tertiary/aromatic N) is 5. The largest absolute Gasteiger partial charge is 0.478 e. The SMILES string of the molecule is CN(C)CCCOc1ccc(-c2cn3c(cn2)nc2cccc(C4=CCOCC4)c23)cn1. The van der Waals surface area contributed by atoms with Crippen LogP contribution in [-0.2, 0) is 4.74 Å². The van der Waals surface area contributed by atoms with Crippen molar-refractivity contribution in [1.82, 2.24) is 24.3 Å². The van der Waals surface area contributed by atoms with Crippen LogP contribution < -0.4 is 4.74 Å². The molecule has 0 radical (unpaired) electrons. The Morgan fingerprint density at radius 1 is 1.12 bits per heavy atom. The third-order valence-corrected chi connectivity index (χ3v) is 5.65. The number of ether oxygens (including phenoxy) is 2. The van der Waals surface area contributed by atoms with E-state index in [1.165, 1.54) is 11.1 Å². The highest BCUT2D eigenvalue weighted by Crippen LogP contribution is 2.30. The summed E-state index contributed by atoms with van der Waals surface area (Å²) in [7, 11) is 4.12. The van der Waals surface area contributed by atoms with Crippen molar-refractivity contribution < 1.29 is 9.47 Å². The van der Waals surface area contributed by atoms with Crippen LogP contribution in [0.3, 0.4) is 0 Å². The highest BCUT2D eigenvalue weighted by molar-refractivity contribution is 5.92. The van der Waals surface area contributed by atoms with Crippen molar-refractivity contribution in [3.05, 3.63) is 60.6 Å². The molecule has 5 rings (SSSR count). The Bertz CT molecular complexity index is 1260. The Balaban J connectivity index is 1.45. The summed E-state index contributed by atoms with van der Waals surface area (Å²) in [6, 6.07) is 10.2. The van der Waals surface area contributed by atoms with Crippen LogP contribution in [0, 0.1) is 0 Å². The Morgan fingerprint density at radius 2 is 2.06 bits per heavy atom. The maximum absolute atomic E-state index is 5.76. The third-order valence-electron chi connectivity index (χ3n) is 5.65. The minimum absolute atomic E-state index is 0.635. The van der Waals surface area contributed by atoms with Gasteiger partial charge in [0.15, 0.2) is 5.65 Å². The van der Waals surface area contributed by atoms with E-state index in [1.807, 2.05) is 30.7 Å². The molecule has 0 bridgehead atoms. The molecule has 0 amide bonds. The van der Waals surface area contributed by atoms with Gasteiger partial charge >= 0.3 is 0 Å². The lowest BCUT2D eigenvalue weighted by atomic mass is 10.00. The molecule has 4 heterocycles. The standard InChI is InChI=1S/C25H27N5O2/c1-29(2)11-4-12-32-24-8-7-19(15-27-24)22-17-30-23(16-26-22)28-21-6-3-5-20(25(21)30)18-9-13-31-14-10-18/h3,5-9,15-17H,4,10-14H2,1-2H3. The maximum Gasteiger partial charge on any atom is 0.213 e. The number of hydrogen-bond acceptors (Lipinski definition) is 6. The van der Waals surface area contributed by atoms with E-state index in [1.54, 1.807) is 0 Å². The van der Waals surface area contributed by atoms with Gasteiger partial charge in [0.1, 0.15) is 0 Å². The number of aromatic nitrogens is 4. The first-order valence-corrected chi connectivity index (χ1v) is 11.0. The van der Waals surface area contributed by atoms with Crippen LogP contribution in [0.2, 0.25) is 0 Å². The topological polar surface area (TPSA) is 64.8 Å². The predicted octanol–water partition coefficient (Wildman–Crippen LogP) is 4.08. The molecule has 0 N–H and O–H groups in total. The Morgan fingerprint density at radius 3 is 2.84 bits per heavy atom. The smallest absolute Gasteiger partial charge is 0.213 e. The van der Waals surface area contributed by atoms with E-state index in [0.29, 0.717) is 19.1 Å². The lowest BCUT2D eigenvalue weighted by Gasteiger charge is -2.15. The second kappa shape index (κ2) is 9.06. The molecule has 3 aromatic heterocycles. The summed E-state index contributed by atoms with van der Waals surface area (Å²) in [5, 5.41) is 0. The fraction of sp³-hybridized carbons (Fsp3) is 0.320. The molecule has 0 saturated carbocycles. The molecule has 4 aromatic rings. The van der Waals surface area contributed by atoms with Crippen LogP contribution in [0.5, 0.6) is 5.88 Å². The molecule has 7 heteroatoms. The minimum atomic E-state index is 0.635. The van der Waals surface area contributed by atoms with Gasteiger partial charge in [-0.15, -0.1) is 0 Å². The van der Waals surface area contributed by atoms with Gasteiger partial charge < -0.3 is 14.4 Å². The lowest BCUT2D eigenvalue weighted by Crippen LogP contribution is -2.15. The molecule has 1 aliphatic heterocycles. The molecule has 7 nitrogen and oxygen atoms in total. The van der Waals surface area contributed by atoms with E-state index in [-0.39, 0.29) is 0 Å². The summed E-state index contributed by atoms with van der Waals surface area (Å²) in [6.07, 6.45) is 9.72. The number of para-hydroxylation sites is 1. The van der Waals surface area contributed by atoms with Gasteiger partial charge in [-0.3, -0.25) is 9.38 Å². The predicted molar refractivity (Wildman–Crippen MR) is 126 cm³/mol. The number of imidazole rings is 1. The number of rotatable bonds is 7. The zero-order valence-electron chi connectivity index (χ0n) is 18.5. The van der Waals surface area contributed by atoms with Crippen molar-refractivity contribution in [2.24, 2.45) is 0 Å². The zero-order chi connectivity index (χ0) is 21.9. The van der Waals surface area contributed by atoms with Crippen molar-refractivity contribution in [2.75, 3.05) is 40.5 Å². The minimum Gasteiger partial charge on any atom is -0.478 e. The summed E-state index contributed by atoms with van der Waals surface area (Å²) in [5.41, 5.74) is 7.20. The van der Waals surface area contributed by atoms with Gasteiger partial charge in [-0.1, -0.05) is 18.2 Å². The van der Waals surface area contributed by atoms with Gasteiger partial charge in [0.25, 0.3) is 0 Å². The van der Waals surface area contributed by atoms with Crippen LogP contribution in [0.25, 0.3) is 33.5 Å². The van der Waals surface area contributed by atoms with E-state index >= 15 is 0 Å². The highest BCUT2D eigenvalue weighted by Gasteiger charge is 2.15. The quantitative estimate of drug-likeness (QED) is 0.413.